The summed E-state index contributed by atoms with van der Waals surface area (Å²) in [6.07, 6.45) is 2.92. The quantitative estimate of drug-likeness (QED) is 0.520. The summed E-state index contributed by atoms with van der Waals surface area (Å²) in [5, 5.41) is 5.36. The van der Waals surface area contributed by atoms with E-state index in [1.54, 1.807) is 0 Å². The first kappa shape index (κ1) is 5.12. The van der Waals surface area contributed by atoms with Crippen LogP contribution in [-0.2, 0) is 0 Å². The van der Waals surface area contributed by atoms with Gasteiger partial charge in [-0.1, -0.05) is 0 Å². The Bertz CT molecular complexity index is 80.5. The molecule has 0 saturated carbocycles. The van der Waals surface area contributed by atoms with Gasteiger partial charge < -0.3 is 5.32 Å². The van der Waals surface area contributed by atoms with Gasteiger partial charge in [-0.05, 0) is 12.8 Å². The minimum atomic E-state index is 0.966. The Morgan fingerprint density at radius 3 is 2.25 bits per heavy atom. The number of rotatable bonds is 0. The largest absolute Gasteiger partial charge is 0.315 e. The Kier molecular flexibility index (Phi) is 1.23. The second-order valence-electron chi connectivity index (χ2n) is 2.62. The number of fused-ring (bicyclic) bond motifs is 2. The van der Waals surface area contributed by atoms with Crippen LogP contribution in [0.4, 0.5) is 0 Å². The average Bonchev–Trinajstić information content (AvgIpc) is 2.12. The minimum absolute atomic E-state index is 0.966. The molecule has 2 heteroatoms. The molecule has 0 aromatic rings. The van der Waals surface area contributed by atoms with Gasteiger partial charge in [0.05, 0.1) is 0 Å². The maximum absolute atomic E-state index is 3.43. The molecule has 2 heterocycles. The molecule has 2 atom stereocenters. The van der Waals surface area contributed by atoms with Crippen molar-refractivity contribution in [2.75, 3.05) is 13.1 Å². The number of hydrogen-bond donors (Lipinski definition) is 1. The van der Waals surface area contributed by atoms with Crippen molar-refractivity contribution in [2.24, 2.45) is 0 Å². The van der Waals surface area contributed by atoms with Gasteiger partial charge in [0.15, 0.2) is 0 Å². The van der Waals surface area contributed by atoms with E-state index in [0.29, 0.717) is 0 Å². The summed E-state index contributed by atoms with van der Waals surface area (Å²) in [6.45, 7) is 2.53. The minimum Gasteiger partial charge on any atom is -0.315 e. The first-order valence-electron chi connectivity index (χ1n) is 3.31. The van der Waals surface area contributed by atoms with Crippen LogP contribution in [-0.4, -0.2) is 23.6 Å². The molecular weight excluding hydrogens is 118 g/mol. The molecule has 0 radical (unpaired) electrons. The highest BCUT2D eigenvalue weighted by atomic mass is 32.2. The summed E-state index contributed by atoms with van der Waals surface area (Å²) in [7, 11) is 0. The maximum Gasteiger partial charge on any atom is 0.0176 e. The molecule has 2 bridgehead atoms. The second kappa shape index (κ2) is 1.92. The van der Waals surface area contributed by atoms with Crippen LogP contribution < -0.4 is 5.32 Å². The van der Waals surface area contributed by atoms with Gasteiger partial charge in [-0.15, -0.1) is 0 Å². The fourth-order valence-electron chi connectivity index (χ4n) is 1.49. The molecule has 8 heavy (non-hydrogen) atoms. The standard InChI is InChI=1S/C6H11NS/c1-2-6-4-7-3-5(1)8-6/h5-7H,1-4H2/t5-,6-/m1/s1. The topological polar surface area (TPSA) is 12.0 Å². The van der Waals surface area contributed by atoms with E-state index in [9.17, 15) is 0 Å². The molecule has 0 unspecified atom stereocenters. The Morgan fingerprint density at radius 1 is 1.12 bits per heavy atom. The van der Waals surface area contributed by atoms with E-state index in [2.05, 4.69) is 17.1 Å². The highest BCUT2D eigenvalue weighted by molar-refractivity contribution is 8.00. The van der Waals surface area contributed by atoms with Crippen molar-refractivity contribution in [3.8, 4) is 0 Å². The zero-order valence-corrected chi connectivity index (χ0v) is 5.71. The number of thioether (sulfide) groups is 1. The average molecular weight is 129 g/mol. The van der Waals surface area contributed by atoms with Crippen LogP contribution in [0.2, 0.25) is 0 Å². The molecule has 0 amide bonds. The highest BCUT2D eigenvalue weighted by Gasteiger charge is 2.28. The zero-order valence-electron chi connectivity index (χ0n) is 4.89. The van der Waals surface area contributed by atoms with Crippen LogP contribution in [0.3, 0.4) is 0 Å². The van der Waals surface area contributed by atoms with Gasteiger partial charge in [0.2, 0.25) is 0 Å². The lowest BCUT2D eigenvalue weighted by Gasteiger charge is -2.18. The number of hydrogen-bond acceptors (Lipinski definition) is 2. The van der Waals surface area contributed by atoms with Crippen molar-refractivity contribution in [2.45, 2.75) is 23.3 Å². The molecule has 1 N–H and O–H groups in total. The molecule has 2 aliphatic heterocycles. The van der Waals surface area contributed by atoms with Crippen molar-refractivity contribution in [3.63, 3.8) is 0 Å². The smallest absolute Gasteiger partial charge is 0.0176 e. The molecule has 0 aliphatic carbocycles. The number of nitrogens with one attached hydrogen (secondary N) is 1. The van der Waals surface area contributed by atoms with E-state index < -0.39 is 0 Å². The van der Waals surface area contributed by atoms with E-state index in [1.807, 2.05) is 0 Å². The van der Waals surface area contributed by atoms with Crippen LogP contribution in [0.5, 0.6) is 0 Å². The molecular formula is C6H11NS. The van der Waals surface area contributed by atoms with Crippen LogP contribution in [0.1, 0.15) is 12.8 Å². The summed E-state index contributed by atoms with van der Waals surface area (Å²) >= 11 is 2.19. The highest BCUT2D eigenvalue weighted by Crippen LogP contribution is 2.35. The molecule has 0 spiro atoms. The molecule has 0 aromatic heterocycles. The van der Waals surface area contributed by atoms with E-state index in [1.165, 1.54) is 25.9 Å². The first-order chi connectivity index (χ1) is 3.95. The van der Waals surface area contributed by atoms with Crippen LogP contribution in [0, 0.1) is 0 Å². The van der Waals surface area contributed by atoms with Gasteiger partial charge in [0.1, 0.15) is 0 Å². The van der Waals surface area contributed by atoms with Gasteiger partial charge in [0, 0.05) is 23.6 Å². The second-order valence-corrected chi connectivity index (χ2v) is 4.22. The summed E-state index contributed by atoms with van der Waals surface area (Å²) in [5.41, 5.74) is 0. The fraction of sp³-hybridized carbons (Fsp3) is 1.00. The van der Waals surface area contributed by atoms with Crippen molar-refractivity contribution >= 4 is 11.8 Å². The lowest BCUT2D eigenvalue weighted by molar-refractivity contribution is 0.690. The molecule has 0 aromatic carbocycles. The van der Waals surface area contributed by atoms with Crippen molar-refractivity contribution in [3.05, 3.63) is 0 Å². The Labute approximate surface area is 54.2 Å². The van der Waals surface area contributed by atoms with Crippen molar-refractivity contribution < 1.29 is 0 Å². The Morgan fingerprint density at radius 2 is 1.75 bits per heavy atom. The molecule has 2 aliphatic rings. The molecule has 2 rings (SSSR count). The Balaban J connectivity index is 2.03. The van der Waals surface area contributed by atoms with Gasteiger partial charge in [0.25, 0.3) is 0 Å². The van der Waals surface area contributed by atoms with Gasteiger partial charge in [-0.3, -0.25) is 0 Å². The predicted molar refractivity (Wildman–Crippen MR) is 37.3 cm³/mol. The van der Waals surface area contributed by atoms with E-state index in [0.717, 1.165) is 10.5 Å². The SMILES string of the molecule is C1C[C@@H]2CNC[C@@H]1S2. The fourth-order valence-corrected chi connectivity index (χ4v) is 3.00. The van der Waals surface area contributed by atoms with Crippen molar-refractivity contribution in [1.29, 1.82) is 0 Å². The Hall–Kier alpha value is 0.310. The van der Waals surface area contributed by atoms with E-state index in [-0.39, 0.29) is 0 Å². The van der Waals surface area contributed by atoms with Gasteiger partial charge >= 0.3 is 0 Å². The monoisotopic (exact) mass is 129 g/mol. The third-order valence-corrected chi connectivity index (χ3v) is 3.51. The van der Waals surface area contributed by atoms with Crippen LogP contribution in [0.15, 0.2) is 0 Å². The van der Waals surface area contributed by atoms with Gasteiger partial charge in [-0.2, -0.15) is 11.8 Å². The predicted octanol–water partition coefficient (Wildman–Crippen LogP) is 0.854. The van der Waals surface area contributed by atoms with Crippen molar-refractivity contribution in [1.82, 2.24) is 5.32 Å². The van der Waals surface area contributed by atoms with Crippen LogP contribution in [0.25, 0.3) is 0 Å². The lowest BCUT2D eigenvalue weighted by Crippen LogP contribution is -2.32. The maximum atomic E-state index is 3.43. The zero-order chi connectivity index (χ0) is 5.40. The van der Waals surface area contributed by atoms with Crippen LogP contribution >= 0.6 is 11.8 Å². The van der Waals surface area contributed by atoms with Gasteiger partial charge in [-0.25, -0.2) is 0 Å². The molecule has 1 nitrogen and oxygen atoms in total. The molecule has 2 saturated heterocycles. The third kappa shape index (κ3) is 0.759. The van der Waals surface area contributed by atoms with E-state index >= 15 is 0 Å². The first-order valence-corrected chi connectivity index (χ1v) is 4.25. The summed E-state index contributed by atoms with van der Waals surface area (Å²) < 4.78 is 0. The third-order valence-electron chi connectivity index (χ3n) is 1.94. The normalized spacial score (nSPS) is 45.0. The molecule has 46 valence electrons. The summed E-state index contributed by atoms with van der Waals surface area (Å²) in [4.78, 5) is 0. The summed E-state index contributed by atoms with van der Waals surface area (Å²) in [5.74, 6) is 0. The lowest BCUT2D eigenvalue weighted by atomic mass is 10.2. The summed E-state index contributed by atoms with van der Waals surface area (Å²) in [6, 6.07) is 0. The van der Waals surface area contributed by atoms with E-state index in [4.69, 9.17) is 0 Å². The molecule has 2 fully saturated rings.